The minimum Gasteiger partial charge on any atom is -0.391 e. The van der Waals surface area contributed by atoms with Gasteiger partial charge in [0.15, 0.2) is 0 Å². The molecule has 4 heteroatoms. The van der Waals surface area contributed by atoms with Crippen LogP contribution in [0.3, 0.4) is 0 Å². The van der Waals surface area contributed by atoms with Crippen molar-refractivity contribution in [1.29, 1.82) is 10.5 Å². The van der Waals surface area contributed by atoms with Gasteiger partial charge in [-0.05, 0) is 18.2 Å². The first kappa shape index (κ1) is 8.55. The van der Waals surface area contributed by atoms with E-state index < -0.39 is 0 Å². The molecule has 1 aromatic carbocycles. The number of nitrogens with zero attached hydrogens (tertiary/aromatic N) is 2. The molecule has 0 amide bonds. The number of thiophene rings is 1. The summed E-state index contributed by atoms with van der Waals surface area (Å²) in [6.45, 7) is 0. The Bertz CT molecular complexity index is 584. The molecular formula is C10H5N3S. The van der Waals surface area contributed by atoms with Gasteiger partial charge in [0.1, 0.15) is 0 Å². The fourth-order valence-electron chi connectivity index (χ4n) is 1.32. The number of nitrogens with two attached hydrogens (primary N) is 1. The van der Waals surface area contributed by atoms with Crippen molar-refractivity contribution in [3.05, 3.63) is 29.3 Å². The Morgan fingerprint density at radius 1 is 1.14 bits per heavy atom. The number of nitriles is 2. The van der Waals surface area contributed by atoms with E-state index in [1.54, 1.807) is 18.2 Å². The number of fused-ring (bicyclic) bond motifs is 1. The van der Waals surface area contributed by atoms with Crippen molar-refractivity contribution in [2.45, 2.75) is 0 Å². The molecule has 0 aliphatic carbocycles. The van der Waals surface area contributed by atoms with Crippen LogP contribution in [0.15, 0.2) is 18.2 Å². The van der Waals surface area contributed by atoms with Gasteiger partial charge in [0.25, 0.3) is 0 Å². The largest absolute Gasteiger partial charge is 0.391 e. The monoisotopic (exact) mass is 199 g/mol. The molecule has 66 valence electrons. The SMILES string of the molecule is N#Cc1cc(C#N)c2cc(N)sc2c1. The van der Waals surface area contributed by atoms with E-state index in [9.17, 15) is 0 Å². The number of hydrogen-bond donors (Lipinski definition) is 1. The van der Waals surface area contributed by atoms with E-state index in [0.29, 0.717) is 16.1 Å². The van der Waals surface area contributed by atoms with E-state index in [1.807, 2.05) is 6.07 Å². The highest BCUT2D eigenvalue weighted by Gasteiger charge is 2.06. The van der Waals surface area contributed by atoms with E-state index in [2.05, 4.69) is 6.07 Å². The van der Waals surface area contributed by atoms with Crippen LogP contribution in [0, 0.1) is 22.7 Å². The molecule has 0 saturated heterocycles. The molecule has 0 aliphatic rings. The van der Waals surface area contributed by atoms with E-state index in [0.717, 1.165) is 10.1 Å². The van der Waals surface area contributed by atoms with Crippen molar-refractivity contribution in [3.8, 4) is 12.1 Å². The van der Waals surface area contributed by atoms with Crippen LogP contribution < -0.4 is 5.73 Å². The van der Waals surface area contributed by atoms with Crippen LogP contribution in [0.4, 0.5) is 5.00 Å². The van der Waals surface area contributed by atoms with Crippen molar-refractivity contribution < 1.29 is 0 Å². The lowest BCUT2D eigenvalue weighted by Crippen LogP contribution is -1.79. The molecule has 2 rings (SSSR count). The summed E-state index contributed by atoms with van der Waals surface area (Å²) in [6.07, 6.45) is 0. The predicted molar refractivity (Wildman–Crippen MR) is 55.7 cm³/mol. The van der Waals surface area contributed by atoms with Gasteiger partial charge in [0.2, 0.25) is 0 Å². The highest BCUT2D eigenvalue weighted by molar-refractivity contribution is 7.22. The Hall–Kier alpha value is -2.04. The van der Waals surface area contributed by atoms with Gasteiger partial charge in [-0.25, -0.2) is 0 Å². The first-order valence-electron chi connectivity index (χ1n) is 3.88. The molecule has 0 spiro atoms. The molecule has 1 aromatic heterocycles. The van der Waals surface area contributed by atoms with Crippen LogP contribution in [-0.4, -0.2) is 0 Å². The molecule has 2 aromatic rings. The van der Waals surface area contributed by atoms with Crippen molar-refractivity contribution in [2.75, 3.05) is 5.73 Å². The number of nitrogen functional groups attached to an aromatic ring is 1. The van der Waals surface area contributed by atoms with Gasteiger partial charge >= 0.3 is 0 Å². The summed E-state index contributed by atoms with van der Waals surface area (Å²) in [6, 6.07) is 9.16. The zero-order valence-corrected chi connectivity index (χ0v) is 7.93. The topological polar surface area (TPSA) is 73.6 Å². The van der Waals surface area contributed by atoms with E-state index in [4.69, 9.17) is 16.3 Å². The number of benzene rings is 1. The minimum absolute atomic E-state index is 0.496. The van der Waals surface area contributed by atoms with Crippen LogP contribution in [0.5, 0.6) is 0 Å². The third-order valence-electron chi connectivity index (χ3n) is 1.91. The summed E-state index contributed by atoms with van der Waals surface area (Å²) in [5.41, 5.74) is 6.63. The van der Waals surface area contributed by atoms with Gasteiger partial charge in [-0.15, -0.1) is 11.3 Å². The van der Waals surface area contributed by atoms with Gasteiger partial charge in [-0.1, -0.05) is 0 Å². The van der Waals surface area contributed by atoms with E-state index in [1.165, 1.54) is 11.3 Å². The lowest BCUT2D eigenvalue weighted by Gasteiger charge is -1.93. The zero-order chi connectivity index (χ0) is 10.1. The number of anilines is 1. The van der Waals surface area contributed by atoms with Crippen LogP contribution >= 0.6 is 11.3 Å². The van der Waals surface area contributed by atoms with Gasteiger partial charge in [-0.2, -0.15) is 10.5 Å². The van der Waals surface area contributed by atoms with Gasteiger partial charge < -0.3 is 5.73 Å². The lowest BCUT2D eigenvalue weighted by molar-refractivity contribution is 1.47. The van der Waals surface area contributed by atoms with Crippen molar-refractivity contribution in [2.24, 2.45) is 0 Å². The maximum absolute atomic E-state index is 8.87. The van der Waals surface area contributed by atoms with Crippen LogP contribution in [0.1, 0.15) is 11.1 Å². The predicted octanol–water partition coefficient (Wildman–Crippen LogP) is 2.23. The second-order valence-electron chi connectivity index (χ2n) is 2.81. The maximum Gasteiger partial charge on any atom is 0.0998 e. The van der Waals surface area contributed by atoms with Crippen LogP contribution in [-0.2, 0) is 0 Å². The fraction of sp³-hybridized carbons (Fsp3) is 0. The summed E-state index contributed by atoms with van der Waals surface area (Å²) in [4.78, 5) is 0. The van der Waals surface area contributed by atoms with Crippen LogP contribution in [0.25, 0.3) is 10.1 Å². The minimum atomic E-state index is 0.496. The molecule has 0 fully saturated rings. The molecule has 0 radical (unpaired) electrons. The third-order valence-corrected chi connectivity index (χ3v) is 2.82. The molecule has 0 bridgehead atoms. The summed E-state index contributed by atoms with van der Waals surface area (Å²) >= 11 is 1.39. The summed E-state index contributed by atoms with van der Waals surface area (Å²) in [5, 5.41) is 19.1. The fourth-order valence-corrected chi connectivity index (χ4v) is 2.21. The lowest BCUT2D eigenvalue weighted by atomic mass is 10.1. The Labute approximate surface area is 84.6 Å². The average molecular weight is 199 g/mol. The summed E-state index contributed by atoms with van der Waals surface area (Å²) < 4.78 is 0.887. The van der Waals surface area contributed by atoms with Gasteiger partial charge in [-0.3, -0.25) is 0 Å². The third kappa shape index (κ3) is 1.19. The summed E-state index contributed by atoms with van der Waals surface area (Å²) in [5.74, 6) is 0. The van der Waals surface area contributed by atoms with Crippen molar-refractivity contribution >= 4 is 26.4 Å². The maximum atomic E-state index is 8.87. The normalized spacial score (nSPS) is 9.57. The molecule has 0 aliphatic heterocycles. The Balaban J connectivity index is 2.89. The quantitative estimate of drug-likeness (QED) is 0.707. The Morgan fingerprint density at radius 2 is 1.93 bits per heavy atom. The first-order chi connectivity index (χ1) is 6.74. The molecule has 3 nitrogen and oxygen atoms in total. The summed E-state index contributed by atoms with van der Waals surface area (Å²) in [7, 11) is 0. The van der Waals surface area contributed by atoms with E-state index >= 15 is 0 Å². The molecule has 0 atom stereocenters. The van der Waals surface area contributed by atoms with E-state index in [-0.39, 0.29) is 0 Å². The molecule has 0 saturated carbocycles. The highest BCUT2D eigenvalue weighted by Crippen LogP contribution is 2.30. The van der Waals surface area contributed by atoms with Crippen LogP contribution in [0.2, 0.25) is 0 Å². The second kappa shape index (κ2) is 3.02. The highest BCUT2D eigenvalue weighted by atomic mass is 32.1. The molecule has 14 heavy (non-hydrogen) atoms. The zero-order valence-electron chi connectivity index (χ0n) is 7.11. The standard InChI is InChI=1S/C10H5N3S/c11-4-6-1-7(5-12)8-3-10(13)14-9(8)2-6/h1-3H,13H2. The second-order valence-corrected chi connectivity index (χ2v) is 3.92. The first-order valence-corrected chi connectivity index (χ1v) is 4.69. The molecule has 2 N–H and O–H groups in total. The van der Waals surface area contributed by atoms with Gasteiger partial charge in [0.05, 0.1) is 28.3 Å². The molecule has 1 heterocycles. The average Bonchev–Trinajstić information content (AvgIpc) is 2.56. The molecular weight excluding hydrogens is 194 g/mol. The number of hydrogen-bond acceptors (Lipinski definition) is 4. The van der Waals surface area contributed by atoms with Gasteiger partial charge in [0, 0.05) is 10.1 Å². The smallest absolute Gasteiger partial charge is 0.0998 e. The molecule has 0 unspecified atom stereocenters. The Kier molecular flexibility index (Phi) is 1.85. The Morgan fingerprint density at radius 3 is 2.57 bits per heavy atom. The van der Waals surface area contributed by atoms with Crippen molar-refractivity contribution in [1.82, 2.24) is 0 Å². The van der Waals surface area contributed by atoms with Crippen molar-refractivity contribution in [3.63, 3.8) is 0 Å². The number of rotatable bonds is 0.